The van der Waals surface area contributed by atoms with Crippen molar-refractivity contribution >= 4 is 28.5 Å². The molecule has 1 aliphatic rings. The van der Waals surface area contributed by atoms with E-state index in [-0.39, 0.29) is 0 Å². The number of aromatic nitrogens is 1. The Balaban J connectivity index is 1.90. The molecule has 2 aromatic rings. The Kier molecular flexibility index (Phi) is 2.52. The molecule has 0 bridgehead atoms. The number of anilines is 1. The maximum absolute atomic E-state index is 5.85. The minimum absolute atomic E-state index is 0.675. The van der Waals surface area contributed by atoms with Crippen LogP contribution in [0.2, 0.25) is 0 Å². The molecule has 84 valence electrons. The number of rotatable bonds is 2. The minimum atomic E-state index is 0.675. The molecule has 3 nitrogen and oxygen atoms in total. The number of nitrogens with two attached hydrogens (primary N) is 1. The molecule has 0 unspecified atom stereocenters. The van der Waals surface area contributed by atoms with Crippen molar-refractivity contribution in [3.63, 3.8) is 0 Å². The number of para-hydroxylation sites is 1. The number of fused-ring (bicyclic) bond motifs is 1. The van der Waals surface area contributed by atoms with Crippen molar-refractivity contribution < 1.29 is 4.42 Å². The molecule has 0 radical (unpaired) electrons. The van der Waals surface area contributed by atoms with Crippen molar-refractivity contribution in [3.8, 4) is 0 Å². The van der Waals surface area contributed by atoms with E-state index in [9.17, 15) is 0 Å². The Morgan fingerprint density at radius 1 is 1.31 bits per heavy atom. The number of nitrogens with zero attached hydrogens (tertiary/aromatic N) is 1. The molecular weight excluding hydrogens is 220 g/mol. The van der Waals surface area contributed by atoms with Crippen LogP contribution >= 0.6 is 11.8 Å². The molecule has 0 saturated heterocycles. The van der Waals surface area contributed by atoms with Gasteiger partial charge in [-0.25, -0.2) is 4.98 Å². The fourth-order valence-corrected chi connectivity index (χ4v) is 3.28. The van der Waals surface area contributed by atoms with E-state index >= 15 is 0 Å². The maximum Gasteiger partial charge on any atom is 0.257 e. The Morgan fingerprint density at radius 3 is 2.88 bits per heavy atom. The predicted octanol–water partition coefficient (Wildman–Crippen LogP) is 3.44. The summed E-state index contributed by atoms with van der Waals surface area (Å²) in [6, 6.07) is 5.67. The highest BCUT2D eigenvalue weighted by atomic mass is 32.2. The number of benzene rings is 1. The van der Waals surface area contributed by atoms with Crippen LogP contribution in [0.1, 0.15) is 25.7 Å². The van der Waals surface area contributed by atoms with E-state index < -0.39 is 0 Å². The van der Waals surface area contributed by atoms with Gasteiger partial charge in [-0.2, -0.15) is 0 Å². The van der Waals surface area contributed by atoms with Crippen LogP contribution in [0.4, 0.5) is 5.69 Å². The molecule has 1 saturated carbocycles. The molecule has 1 aromatic carbocycles. The normalized spacial score (nSPS) is 17.2. The fourth-order valence-electron chi connectivity index (χ4n) is 2.15. The lowest BCUT2D eigenvalue weighted by Crippen LogP contribution is -1.92. The van der Waals surface area contributed by atoms with Gasteiger partial charge in [0, 0.05) is 5.25 Å². The predicted molar refractivity (Wildman–Crippen MR) is 66.5 cm³/mol. The number of hydrogen-bond acceptors (Lipinski definition) is 4. The van der Waals surface area contributed by atoms with Crippen molar-refractivity contribution in [1.82, 2.24) is 4.98 Å². The second-order valence-electron chi connectivity index (χ2n) is 4.20. The van der Waals surface area contributed by atoms with E-state index in [0.29, 0.717) is 10.9 Å². The lowest BCUT2D eigenvalue weighted by molar-refractivity contribution is 0.488. The number of hydrogen-bond donors (Lipinski definition) is 1. The van der Waals surface area contributed by atoms with Crippen molar-refractivity contribution in [2.75, 3.05) is 5.73 Å². The standard InChI is InChI=1S/C12H14N2OS/c13-9-6-3-7-10-11(9)14-12(15-10)16-8-4-1-2-5-8/h3,6-8H,1-2,4-5,13H2. The Labute approximate surface area is 98.4 Å². The van der Waals surface area contributed by atoms with Crippen LogP contribution in [0.3, 0.4) is 0 Å². The smallest absolute Gasteiger partial charge is 0.257 e. The molecule has 4 heteroatoms. The maximum atomic E-state index is 5.85. The summed E-state index contributed by atoms with van der Waals surface area (Å²) in [5.41, 5.74) is 8.13. The van der Waals surface area contributed by atoms with Crippen LogP contribution in [0.25, 0.3) is 11.1 Å². The summed E-state index contributed by atoms with van der Waals surface area (Å²) < 4.78 is 5.68. The third-order valence-corrected chi connectivity index (χ3v) is 4.18. The minimum Gasteiger partial charge on any atom is -0.431 e. The van der Waals surface area contributed by atoms with Gasteiger partial charge in [0.1, 0.15) is 5.52 Å². The van der Waals surface area contributed by atoms with Crippen molar-refractivity contribution in [2.45, 2.75) is 36.2 Å². The summed E-state index contributed by atoms with van der Waals surface area (Å²) in [5, 5.41) is 1.44. The first kappa shape index (κ1) is 10.0. The fraction of sp³-hybridized carbons (Fsp3) is 0.417. The van der Waals surface area contributed by atoms with Crippen LogP contribution < -0.4 is 5.73 Å². The topological polar surface area (TPSA) is 52.0 Å². The summed E-state index contributed by atoms with van der Waals surface area (Å²) in [4.78, 5) is 4.45. The Morgan fingerprint density at radius 2 is 2.12 bits per heavy atom. The Hall–Kier alpha value is -1.16. The monoisotopic (exact) mass is 234 g/mol. The van der Waals surface area contributed by atoms with Gasteiger partial charge in [0.25, 0.3) is 5.22 Å². The molecule has 2 N–H and O–H groups in total. The molecular formula is C12H14N2OS. The molecule has 1 aromatic heterocycles. The van der Waals surface area contributed by atoms with Crippen LogP contribution in [-0.2, 0) is 0 Å². The number of thioether (sulfide) groups is 1. The highest BCUT2D eigenvalue weighted by Crippen LogP contribution is 2.36. The quantitative estimate of drug-likeness (QED) is 0.809. The van der Waals surface area contributed by atoms with Crippen LogP contribution in [-0.4, -0.2) is 10.2 Å². The summed E-state index contributed by atoms with van der Waals surface area (Å²) in [7, 11) is 0. The van der Waals surface area contributed by atoms with Crippen LogP contribution in [0, 0.1) is 0 Å². The molecule has 0 aliphatic heterocycles. The van der Waals surface area contributed by atoms with E-state index in [2.05, 4.69) is 4.98 Å². The molecule has 3 rings (SSSR count). The summed E-state index contributed by atoms with van der Waals surface area (Å²) in [5.74, 6) is 0. The lowest BCUT2D eigenvalue weighted by atomic mass is 10.3. The van der Waals surface area contributed by atoms with E-state index in [1.165, 1.54) is 25.7 Å². The molecule has 0 atom stereocenters. The first-order chi connectivity index (χ1) is 7.83. The van der Waals surface area contributed by atoms with Gasteiger partial charge in [-0.05, 0) is 25.0 Å². The summed E-state index contributed by atoms with van der Waals surface area (Å²) in [6.07, 6.45) is 5.22. The van der Waals surface area contributed by atoms with Gasteiger partial charge in [0.2, 0.25) is 0 Å². The zero-order valence-corrected chi connectivity index (χ0v) is 9.80. The van der Waals surface area contributed by atoms with E-state index in [4.69, 9.17) is 10.2 Å². The highest BCUT2D eigenvalue weighted by molar-refractivity contribution is 7.99. The lowest BCUT2D eigenvalue weighted by Gasteiger charge is -2.02. The SMILES string of the molecule is Nc1cccc2oc(SC3CCCC3)nc12. The molecule has 1 fully saturated rings. The molecule has 0 amide bonds. The average molecular weight is 234 g/mol. The second-order valence-corrected chi connectivity index (χ2v) is 5.45. The van der Waals surface area contributed by atoms with Crippen molar-refractivity contribution in [2.24, 2.45) is 0 Å². The van der Waals surface area contributed by atoms with Gasteiger partial charge in [0.05, 0.1) is 5.69 Å². The number of nitrogen functional groups attached to an aromatic ring is 1. The highest BCUT2D eigenvalue weighted by Gasteiger charge is 2.19. The van der Waals surface area contributed by atoms with Crippen molar-refractivity contribution in [1.29, 1.82) is 0 Å². The third-order valence-electron chi connectivity index (χ3n) is 3.00. The van der Waals surface area contributed by atoms with Gasteiger partial charge in [-0.1, -0.05) is 30.7 Å². The molecule has 1 heterocycles. The second kappa shape index (κ2) is 4.01. The number of oxazole rings is 1. The van der Waals surface area contributed by atoms with E-state index in [0.717, 1.165) is 16.3 Å². The Bertz CT molecular complexity index is 503. The third kappa shape index (κ3) is 1.78. The van der Waals surface area contributed by atoms with Gasteiger partial charge in [-0.3, -0.25) is 0 Å². The van der Waals surface area contributed by atoms with Gasteiger partial charge in [0.15, 0.2) is 5.58 Å². The first-order valence-electron chi connectivity index (χ1n) is 5.64. The largest absolute Gasteiger partial charge is 0.431 e. The zero-order chi connectivity index (χ0) is 11.0. The molecule has 16 heavy (non-hydrogen) atoms. The van der Waals surface area contributed by atoms with Gasteiger partial charge >= 0.3 is 0 Å². The van der Waals surface area contributed by atoms with Crippen molar-refractivity contribution in [3.05, 3.63) is 18.2 Å². The van der Waals surface area contributed by atoms with Crippen LogP contribution in [0.5, 0.6) is 0 Å². The first-order valence-corrected chi connectivity index (χ1v) is 6.52. The van der Waals surface area contributed by atoms with Gasteiger partial charge < -0.3 is 10.2 Å². The zero-order valence-electron chi connectivity index (χ0n) is 8.98. The average Bonchev–Trinajstić information content (AvgIpc) is 2.88. The van der Waals surface area contributed by atoms with E-state index in [1.54, 1.807) is 11.8 Å². The summed E-state index contributed by atoms with van der Waals surface area (Å²) in [6.45, 7) is 0. The van der Waals surface area contributed by atoms with Gasteiger partial charge in [-0.15, -0.1) is 0 Å². The van der Waals surface area contributed by atoms with Crippen LogP contribution in [0.15, 0.2) is 27.8 Å². The molecule has 0 spiro atoms. The van der Waals surface area contributed by atoms with E-state index in [1.807, 2.05) is 18.2 Å². The molecule has 1 aliphatic carbocycles. The summed E-state index contributed by atoms with van der Waals surface area (Å²) >= 11 is 1.75.